The number of aromatic nitrogens is 1. The van der Waals surface area contributed by atoms with Crippen LogP contribution in [0.25, 0.3) is 11.1 Å². The Kier molecular flexibility index (Phi) is 3.89. The molecule has 0 saturated carbocycles. The maximum Gasteiger partial charge on any atom is 0.417 e. The van der Waals surface area contributed by atoms with E-state index < -0.39 is 5.76 Å². The highest BCUT2D eigenvalue weighted by molar-refractivity contribution is 9.10. The second-order valence-corrected chi connectivity index (χ2v) is 5.87. The van der Waals surface area contributed by atoms with Crippen LogP contribution in [0.1, 0.15) is 17.2 Å². The zero-order valence-corrected chi connectivity index (χ0v) is 13.5. The Balaban J connectivity index is 2.13. The Labute approximate surface area is 134 Å². The molecule has 0 aliphatic rings. The summed E-state index contributed by atoms with van der Waals surface area (Å²) in [6.45, 7) is 0. The molecule has 1 aromatic heterocycles. The molecule has 0 saturated heterocycles. The highest BCUT2D eigenvalue weighted by Gasteiger charge is 2.17. The number of benzene rings is 2. The van der Waals surface area contributed by atoms with Crippen LogP contribution in [0, 0.1) is 0 Å². The van der Waals surface area contributed by atoms with E-state index in [1.54, 1.807) is 0 Å². The van der Waals surface area contributed by atoms with Gasteiger partial charge in [0.25, 0.3) is 0 Å². The summed E-state index contributed by atoms with van der Waals surface area (Å²) < 4.78 is 5.96. The molecule has 1 atom stereocenters. The molecule has 1 heterocycles. The third-order valence-corrected chi connectivity index (χ3v) is 4.67. The fraction of sp³-hybridized carbons (Fsp3) is 0.133. The molecule has 21 heavy (non-hydrogen) atoms. The predicted octanol–water partition coefficient (Wildman–Crippen LogP) is 3.85. The molecule has 108 valence electrons. The summed E-state index contributed by atoms with van der Waals surface area (Å²) in [7, 11) is 1.86. The Morgan fingerprint density at radius 3 is 2.90 bits per heavy atom. The van der Waals surface area contributed by atoms with Gasteiger partial charge in [0.05, 0.1) is 16.6 Å². The molecule has 0 aliphatic heterocycles. The molecular formula is C15H12BrClN2O2. The van der Waals surface area contributed by atoms with Crippen molar-refractivity contribution in [3.8, 4) is 0 Å². The van der Waals surface area contributed by atoms with Gasteiger partial charge in [0.15, 0.2) is 5.58 Å². The maximum absolute atomic E-state index is 11.2. The van der Waals surface area contributed by atoms with E-state index in [0.29, 0.717) is 16.1 Å². The minimum Gasteiger partial charge on any atom is -0.408 e. The third-order valence-electron chi connectivity index (χ3n) is 3.36. The molecule has 0 bridgehead atoms. The lowest BCUT2D eigenvalue weighted by Crippen LogP contribution is -2.18. The van der Waals surface area contributed by atoms with Gasteiger partial charge < -0.3 is 9.73 Å². The van der Waals surface area contributed by atoms with Crippen LogP contribution in [0.4, 0.5) is 0 Å². The number of nitrogens with one attached hydrogen (secondary N) is 2. The van der Waals surface area contributed by atoms with Crippen molar-refractivity contribution >= 4 is 38.6 Å². The third kappa shape index (κ3) is 2.64. The first-order valence-corrected chi connectivity index (χ1v) is 7.51. The zero-order chi connectivity index (χ0) is 15.0. The van der Waals surface area contributed by atoms with Crippen LogP contribution in [0.5, 0.6) is 0 Å². The molecule has 3 rings (SSSR count). The van der Waals surface area contributed by atoms with Crippen molar-refractivity contribution in [2.75, 3.05) is 7.05 Å². The molecule has 0 spiro atoms. The predicted molar refractivity (Wildman–Crippen MR) is 86.9 cm³/mol. The molecule has 0 radical (unpaired) electrons. The van der Waals surface area contributed by atoms with Crippen molar-refractivity contribution in [2.24, 2.45) is 0 Å². The largest absolute Gasteiger partial charge is 0.417 e. The van der Waals surface area contributed by atoms with Crippen molar-refractivity contribution < 1.29 is 4.42 Å². The second kappa shape index (κ2) is 5.67. The summed E-state index contributed by atoms with van der Waals surface area (Å²) in [4.78, 5) is 13.9. The minimum absolute atomic E-state index is 0.0976. The lowest BCUT2D eigenvalue weighted by molar-refractivity contribution is 0.554. The van der Waals surface area contributed by atoms with E-state index in [9.17, 15) is 4.79 Å². The number of hydrogen-bond donors (Lipinski definition) is 2. The van der Waals surface area contributed by atoms with Gasteiger partial charge in [0.1, 0.15) is 0 Å². The van der Waals surface area contributed by atoms with Crippen molar-refractivity contribution in [2.45, 2.75) is 6.04 Å². The Morgan fingerprint density at radius 2 is 2.14 bits per heavy atom. The first kappa shape index (κ1) is 14.4. The summed E-state index contributed by atoms with van der Waals surface area (Å²) in [5.74, 6) is -0.455. The Bertz CT molecular complexity index is 856. The molecule has 3 aromatic rings. The number of fused-ring (bicyclic) bond motifs is 1. The fourth-order valence-corrected chi connectivity index (χ4v) is 3.00. The SMILES string of the molecule is CNC(c1ccc2[nH]c(=O)oc2c1)c1cccc(Br)c1Cl. The van der Waals surface area contributed by atoms with Gasteiger partial charge in [-0.25, -0.2) is 4.79 Å². The summed E-state index contributed by atoms with van der Waals surface area (Å²) in [5, 5.41) is 3.90. The van der Waals surface area contributed by atoms with Crippen molar-refractivity contribution in [1.29, 1.82) is 0 Å². The smallest absolute Gasteiger partial charge is 0.408 e. The highest BCUT2D eigenvalue weighted by Crippen LogP contribution is 2.33. The van der Waals surface area contributed by atoms with Crippen LogP contribution in [0.2, 0.25) is 5.02 Å². The average molecular weight is 368 g/mol. The van der Waals surface area contributed by atoms with E-state index in [4.69, 9.17) is 16.0 Å². The Morgan fingerprint density at radius 1 is 1.33 bits per heavy atom. The van der Waals surface area contributed by atoms with Crippen LogP contribution in [-0.2, 0) is 0 Å². The standard InChI is InChI=1S/C15H12BrClN2O2/c1-18-14(9-3-2-4-10(16)13(9)17)8-5-6-11-12(7-8)21-15(20)19-11/h2-7,14,18H,1H3,(H,19,20). The average Bonchev–Trinajstić information content (AvgIpc) is 2.83. The van der Waals surface area contributed by atoms with Gasteiger partial charge in [-0.3, -0.25) is 4.98 Å². The van der Waals surface area contributed by atoms with Gasteiger partial charge in [-0.05, 0) is 52.3 Å². The molecule has 2 aromatic carbocycles. The Hall–Kier alpha value is -1.56. The van der Waals surface area contributed by atoms with Crippen molar-refractivity contribution in [3.05, 3.63) is 67.6 Å². The number of hydrogen-bond acceptors (Lipinski definition) is 3. The monoisotopic (exact) mass is 366 g/mol. The number of H-pyrrole nitrogens is 1. The molecule has 0 aliphatic carbocycles. The lowest BCUT2D eigenvalue weighted by Gasteiger charge is -2.19. The lowest BCUT2D eigenvalue weighted by atomic mass is 9.98. The highest BCUT2D eigenvalue weighted by atomic mass is 79.9. The molecule has 6 heteroatoms. The second-order valence-electron chi connectivity index (χ2n) is 4.63. The molecular weight excluding hydrogens is 356 g/mol. The van der Waals surface area contributed by atoms with E-state index in [2.05, 4.69) is 26.2 Å². The van der Waals surface area contributed by atoms with Gasteiger partial charge in [-0.1, -0.05) is 29.8 Å². The molecule has 2 N–H and O–H groups in total. The molecule has 4 nitrogen and oxygen atoms in total. The number of rotatable bonds is 3. The van der Waals surface area contributed by atoms with Gasteiger partial charge in [-0.2, -0.15) is 0 Å². The number of oxazole rings is 1. The van der Waals surface area contributed by atoms with E-state index in [-0.39, 0.29) is 6.04 Å². The zero-order valence-electron chi connectivity index (χ0n) is 11.1. The molecule has 0 fully saturated rings. The maximum atomic E-state index is 11.2. The van der Waals surface area contributed by atoms with Crippen LogP contribution < -0.4 is 11.1 Å². The first-order chi connectivity index (χ1) is 10.1. The van der Waals surface area contributed by atoms with Gasteiger partial charge in [-0.15, -0.1) is 0 Å². The van der Waals surface area contributed by atoms with Crippen LogP contribution >= 0.6 is 27.5 Å². The van der Waals surface area contributed by atoms with Gasteiger partial charge in [0.2, 0.25) is 0 Å². The van der Waals surface area contributed by atoms with Crippen LogP contribution in [0.15, 0.2) is 50.1 Å². The summed E-state index contributed by atoms with van der Waals surface area (Å²) in [6.07, 6.45) is 0. The summed E-state index contributed by atoms with van der Waals surface area (Å²) in [5.41, 5.74) is 3.13. The van der Waals surface area contributed by atoms with Crippen LogP contribution in [-0.4, -0.2) is 12.0 Å². The van der Waals surface area contributed by atoms with Crippen molar-refractivity contribution in [3.63, 3.8) is 0 Å². The first-order valence-electron chi connectivity index (χ1n) is 6.34. The minimum atomic E-state index is -0.455. The van der Waals surface area contributed by atoms with Crippen molar-refractivity contribution in [1.82, 2.24) is 10.3 Å². The molecule has 1 unspecified atom stereocenters. The number of aromatic amines is 1. The van der Waals surface area contributed by atoms with Crippen LogP contribution in [0.3, 0.4) is 0 Å². The summed E-state index contributed by atoms with van der Waals surface area (Å²) in [6, 6.07) is 11.3. The quantitative estimate of drug-likeness (QED) is 0.739. The van der Waals surface area contributed by atoms with Gasteiger partial charge >= 0.3 is 5.76 Å². The van der Waals surface area contributed by atoms with E-state index in [0.717, 1.165) is 15.6 Å². The molecule has 0 amide bonds. The number of halogens is 2. The van der Waals surface area contributed by atoms with Gasteiger partial charge in [0, 0.05) is 4.47 Å². The van der Waals surface area contributed by atoms with E-state index >= 15 is 0 Å². The fourth-order valence-electron chi connectivity index (χ4n) is 2.39. The topological polar surface area (TPSA) is 58.0 Å². The van der Waals surface area contributed by atoms with E-state index in [1.807, 2.05) is 43.4 Å². The van der Waals surface area contributed by atoms with E-state index in [1.165, 1.54) is 0 Å². The summed E-state index contributed by atoms with van der Waals surface area (Å²) >= 11 is 9.81. The normalized spacial score (nSPS) is 12.7.